The zero-order valence-corrected chi connectivity index (χ0v) is 10.3. The zero-order chi connectivity index (χ0) is 13.3. The van der Waals surface area contributed by atoms with E-state index >= 15 is 0 Å². The molecule has 96 valence electrons. The van der Waals surface area contributed by atoms with Gasteiger partial charge in [0.25, 0.3) is 17.5 Å². The first-order valence-corrected chi connectivity index (χ1v) is 5.49. The van der Waals surface area contributed by atoms with Crippen molar-refractivity contribution in [1.29, 1.82) is 0 Å². The van der Waals surface area contributed by atoms with Crippen molar-refractivity contribution in [3.05, 3.63) is 4.85 Å². The summed E-state index contributed by atoms with van der Waals surface area (Å²) in [5, 5.41) is 0. The first-order valence-electron chi connectivity index (χ1n) is 5.49. The zero-order valence-electron chi connectivity index (χ0n) is 10.3. The number of nitrogens with zero attached hydrogens (tertiary/aromatic N) is 2. The summed E-state index contributed by atoms with van der Waals surface area (Å²) < 4.78 is 26.5. The number of carbonyl (C=O) groups is 1. The van der Waals surface area contributed by atoms with E-state index in [-0.39, 0.29) is 6.54 Å². The number of halogens is 2. The lowest BCUT2D eigenvalue weighted by atomic mass is 10.1. The van der Waals surface area contributed by atoms with Crippen molar-refractivity contribution in [1.82, 2.24) is 4.90 Å². The van der Waals surface area contributed by atoms with Gasteiger partial charge in [0, 0.05) is 20.8 Å². The summed E-state index contributed by atoms with van der Waals surface area (Å²) in [4.78, 5) is 16.5. The van der Waals surface area contributed by atoms with Gasteiger partial charge in [0.15, 0.2) is 6.04 Å². The molecule has 1 aliphatic heterocycles. The summed E-state index contributed by atoms with van der Waals surface area (Å²) in [6, 6.07) is 1.86. The van der Waals surface area contributed by atoms with Crippen LogP contribution < -0.4 is 5.73 Å². The Kier molecular flexibility index (Phi) is 3.72. The standard InChI is InChI=1S/C11H18F2N3O/c1-10(2,3)15-6-8-4-11(12,13)7-16(8)9(17)5-14/h8H,4-5,7,14H2,1-3H3/q+1/t8-/m0/s1. The third kappa shape index (κ3) is 3.93. The summed E-state index contributed by atoms with van der Waals surface area (Å²) >= 11 is 0. The largest absolute Gasteiger partial charge is 0.322 e. The Balaban J connectivity index is 2.87. The molecule has 0 aliphatic carbocycles. The van der Waals surface area contributed by atoms with Gasteiger partial charge >= 0.3 is 0 Å². The molecule has 0 bridgehead atoms. The van der Waals surface area contributed by atoms with Gasteiger partial charge in [-0.15, -0.1) is 0 Å². The molecule has 0 unspecified atom stereocenters. The van der Waals surface area contributed by atoms with Gasteiger partial charge in [0.1, 0.15) is 0 Å². The third-order valence-electron chi connectivity index (χ3n) is 2.31. The summed E-state index contributed by atoms with van der Waals surface area (Å²) in [6.07, 6.45) is -0.432. The maximum absolute atomic E-state index is 13.2. The topological polar surface area (TPSA) is 50.7 Å². The maximum atomic E-state index is 13.2. The lowest BCUT2D eigenvalue weighted by Gasteiger charge is -2.16. The van der Waals surface area contributed by atoms with E-state index < -0.39 is 36.4 Å². The van der Waals surface area contributed by atoms with Gasteiger partial charge in [-0.25, -0.2) is 8.78 Å². The molecule has 0 aromatic rings. The highest BCUT2D eigenvalue weighted by Gasteiger charge is 2.48. The van der Waals surface area contributed by atoms with Crippen molar-refractivity contribution in [3.63, 3.8) is 0 Å². The van der Waals surface area contributed by atoms with E-state index in [1.54, 1.807) is 0 Å². The Morgan fingerprint density at radius 3 is 2.65 bits per heavy atom. The van der Waals surface area contributed by atoms with Crippen molar-refractivity contribution < 1.29 is 13.6 Å². The van der Waals surface area contributed by atoms with E-state index in [4.69, 9.17) is 5.73 Å². The average Bonchev–Trinajstić information content (AvgIpc) is 2.49. The molecule has 1 rings (SSSR count). The number of rotatable bonds is 1. The fraction of sp³-hybridized carbons (Fsp3) is 0.818. The van der Waals surface area contributed by atoms with Crippen molar-refractivity contribution in [2.75, 3.05) is 13.1 Å². The van der Waals surface area contributed by atoms with Crippen LogP contribution >= 0.6 is 0 Å². The number of likely N-dealkylation sites (tertiary alicyclic amines) is 1. The van der Waals surface area contributed by atoms with Gasteiger partial charge in [-0.3, -0.25) is 4.79 Å². The Morgan fingerprint density at radius 1 is 1.59 bits per heavy atom. The van der Waals surface area contributed by atoms with Gasteiger partial charge in [0.05, 0.1) is 19.5 Å². The first kappa shape index (κ1) is 13.8. The van der Waals surface area contributed by atoms with E-state index in [9.17, 15) is 13.6 Å². The number of carbonyl (C=O) groups excluding carboxylic acids is 1. The lowest BCUT2D eigenvalue weighted by molar-refractivity contribution is -0.130. The second-order valence-corrected chi connectivity index (χ2v) is 5.21. The fourth-order valence-electron chi connectivity index (χ4n) is 1.58. The minimum absolute atomic E-state index is 0.274. The predicted octanol–water partition coefficient (Wildman–Crippen LogP) is 1.31. The summed E-state index contributed by atoms with van der Waals surface area (Å²) in [5.74, 6) is -3.38. The highest BCUT2D eigenvalue weighted by atomic mass is 19.3. The normalized spacial score (nSPS) is 23.2. The van der Waals surface area contributed by atoms with Gasteiger partial charge in [-0.05, 0) is 0 Å². The molecule has 1 atom stereocenters. The van der Waals surface area contributed by atoms with Crippen molar-refractivity contribution in [2.45, 2.75) is 44.7 Å². The van der Waals surface area contributed by atoms with E-state index in [1.807, 2.05) is 20.8 Å². The fourth-order valence-corrected chi connectivity index (χ4v) is 1.58. The highest BCUT2D eigenvalue weighted by molar-refractivity contribution is 5.79. The number of alkyl halides is 2. The molecular formula is C11H18F2N3O+. The third-order valence-corrected chi connectivity index (χ3v) is 2.31. The van der Waals surface area contributed by atoms with Crippen LogP contribution in [0.15, 0.2) is 0 Å². The van der Waals surface area contributed by atoms with Gasteiger partial charge in [0.2, 0.25) is 5.91 Å². The van der Waals surface area contributed by atoms with Crippen LogP contribution in [0.2, 0.25) is 0 Å². The van der Waals surface area contributed by atoms with Crippen LogP contribution in [-0.4, -0.2) is 41.4 Å². The SMILES string of the molecule is CC(C)(C)[N+]#C[C@@H]1CC(F)(F)CN1C(=O)CN. The molecular weight excluding hydrogens is 228 g/mol. The molecule has 6 heteroatoms. The summed E-state index contributed by atoms with van der Waals surface area (Å²) in [6.45, 7) is 4.64. The van der Waals surface area contributed by atoms with Crippen molar-refractivity contribution in [2.24, 2.45) is 5.73 Å². The van der Waals surface area contributed by atoms with E-state index in [2.05, 4.69) is 10.9 Å². The Bertz CT molecular complexity index is 365. The van der Waals surface area contributed by atoms with Crippen LogP contribution in [0.3, 0.4) is 0 Å². The number of hydrogen-bond donors (Lipinski definition) is 1. The summed E-state index contributed by atoms with van der Waals surface area (Å²) in [5.41, 5.74) is 4.80. The molecule has 1 fully saturated rings. The van der Waals surface area contributed by atoms with E-state index in [0.29, 0.717) is 0 Å². The molecule has 0 saturated carbocycles. The predicted molar refractivity (Wildman–Crippen MR) is 61.1 cm³/mol. The average molecular weight is 246 g/mol. The second kappa shape index (κ2) is 4.57. The van der Waals surface area contributed by atoms with Crippen LogP contribution in [0.25, 0.3) is 4.85 Å². The minimum atomic E-state index is -2.88. The van der Waals surface area contributed by atoms with E-state index in [0.717, 1.165) is 4.90 Å². The second-order valence-electron chi connectivity index (χ2n) is 5.21. The van der Waals surface area contributed by atoms with E-state index in [1.165, 1.54) is 0 Å². The van der Waals surface area contributed by atoms with Gasteiger partial charge in [-0.1, -0.05) is 4.85 Å². The molecule has 1 heterocycles. The number of hydrogen-bond acceptors (Lipinski definition) is 2. The molecule has 0 spiro atoms. The Morgan fingerprint density at radius 2 is 2.18 bits per heavy atom. The molecule has 0 aromatic heterocycles. The van der Waals surface area contributed by atoms with Crippen LogP contribution in [-0.2, 0) is 4.79 Å². The Hall–Kier alpha value is -1.22. The lowest BCUT2D eigenvalue weighted by Crippen LogP contribution is -2.39. The Labute approximate surface area is 99.6 Å². The molecule has 17 heavy (non-hydrogen) atoms. The van der Waals surface area contributed by atoms with Crippen LogP contribution in [0.5, 0.6) is 0 Å². The molecule has 4 nitrogen and oxygen atoms in total. The van der Waals surface area contributed by atoms with Gasteiger partial charge in [-0.2, -0.15) is 0 Å². The molecule has 0 aromatic carbocycles. The van der Waals surface area contributed by atoms with Crippen molar-refractivity contribution in [3.8, 4) is 6.07 Å². The van der Waals surface area contributed by atoms with Crippen LogP contribution in [0.4, 0.5) is 8.78 Å². The van der Waals surface area contributed by atoms with Crippen LogP contribution in [0, 0.1) is 6.07 Å². The van der Waals surface area contributed by atoms with Gasteiger partial charge < -0.3 is 10.6 Å². The smallest absolute Gasteiger partial charge is 0.299 e. The quantitative estimate of drug-likeness (QED) is 0.758. The number of amides is 1. The molecule has 1 saturated heterocycles. The van der Waals surface area contributed by atoms with Crippen molar-refractivity contribution >= 4 is 5.91 Å². The molecule has 1 amide bonds. The molecule has 1 aliphatic rings. The summed E-state index contributed by atoms with van der Waals surface area (Å²) in [7, 11) is 0. The minimum Gasteiger partial charge on any atom is -0.322 e. The maximum Gasteiger partial charge on any atom is 0.299 e. The number of nitrogens with two attached hydrogens (primary N) is 1. The highest BCUT2D eigenvalue weighted by Crippen LogP contribution is 2.31. The van der Waals surface area contributed by atoms with Crippen LogP contribution in [0.1, 0.15) is 27.2 Å². The molecule has 2 N–H and O–H groups in total. The first-order chi connectivity index (χ1) is 7.64. The monoisotopic (exact) mass is 246 g/mol. The molecule has 0 radical (unpaired) electrons.